The molecule has 0 fully saturated rings. The van der Waals surface area contributed by atoms with Gasteiger partial charge in [-0.25, -0.2) is 4.79 Å². The third-order valence-corrected chi connectivity index (χ3v) is 3.07. The number of hydrogen-bond donors (Lipinski definition) is 0. The zero-order valence-corrected chi connectivity index (χ0v) is 11.9. The lowest BCUT2D eigenvalue weighted by molar-refractivity contribution is -0.605. The van der Waals surface area contributed by atoms with Crippen molar-refractivity contribution >= 4 is 27.7 Å². The molecular formula is C14H10BrNO4. The molecule has 6 heteroatoms. The van der Waals surface area contributed by atoms with E-state index in [4.69, 9.17) is 4.74 Å². The van der Waals surface area contributed by atoms with E-state index in [0.29, 0.717) is 10.3 Å². The minimum Gasteiger partial charge on any atom is -0.619 e. The summed E-state index contributed by atoms with van der Waals surface area (Å²) in [4.78, 5) is 23.5. The molecule has 0 aliphatic rings. The summed E-state index contributed by atoms with van der Waals surface area (Å²) in [6.45, 7) is -0.341. The summed E-state index contributed by atoms with van der Waals surface area (Å²) in [5, 5.41) is 10.8. The fraction of sp³-hybridized carbons (Fsp3) is 0.0714. The van der Waals surface area contributed by atoms with Gasteiger partial charge in [0.15, 0.2) is 24.8 Å². The highest BCUT2D eigenvalue weighted by Gasteiger charge is 2.12. The van der Waals surface area contributed by atoms with E-state index in [1.165, 1.54) is 24.5 Å². The zero-order valence-electron chi connectivity index (χ0n) is 10.3. The number of carbonyl (C=O) groups is 2. The molecule has 102 valence electrons. The summed E-state index contributed by atoms with van der Waals surface area (Å²) in [6.07, 6.45) is 2.38. The summed E-state index contributed by atoms with van der Waals surface area (Å²) in [7, 11) is 0. The number of benzene rings is 1. The molecule has 2 aromatic rings. The first-order valence-electron chi connectivity index (χ1n) is 5.71. The largest absolute Gasteiger partial charge is 0.619 e. The Labute approximate surface area is 123 Å². The summed E-state index contributed by atoms with van der Waals surface area (Å²) in [5.41, 5.74) is 0.687. The Kier molecular flexibility index (Phi) is 4.47. The zero-order chi connectivity index (χ0) is 14.5. The number of hydrogen-bond acceptors (Lipinski definition) is 4. The Morgan fingerprint density at radius 3 is 2.25 bits per heavy atom. The Morgan fingerprint density at radius 1 is 1.05 bits per heavy atom. The molecule has 0 aliphatic carbocycles. The van der Waals surface area contributed by atoms with Crippen molar-refractivity contribution in [3.63, 3.8) is 0 Å². The van der Waals surface area contributed by atoms with E-state index in [-0.39, 0.29) is 18.0 Å². The first-order valence-corrected chi connectivity index (χ1v) is 6.50. The number of ketones is 1. The van der Waals surface area contributed by atoms with Crippen LogP contribution in [0, 0.1) is 5.21 Å². The molecule has 0 radical (unpaired) electrons. The van der Waals surface area contributed by atoms with Crippen LogP contribution in [-0.4, -0.2) is 18.4 Å². The lowest BCUT2D eigenvalue weighted by atomic mass is 10.1. The molecule has 0 saturated heterocycles. The van der Waals surface area contributed by atoms with Gasteiger partial charge in [-0.05, 0) is 12.1 Å². The van der Waals surface area contributed by atoms with Crippen LogP contribution in [0.1, 0.15) is 20.7 Å². The van der Waals surface area contributed by atoms with Crippen LogP contribution in [0.5, 0.6) is 0 Å². The number of aromatic nitrogens is 1. The van der Waals surface area contributed by atoms with Crippen molar-refractivity contribution < 1.29 is 19.1 Å². The van der Waals surface area contributed by atoms with E-state index in [0.717, 1.165) is 4.47 Å². The van der Waals surface area contributed by atoms with Gasteiger partial charge in [0.25, 0.3) is 0 Å². The van der Waals surface area contributed by atoms with E-state index in [2.05, 4.69) is 15.9 Å². The SMILES string of the molecule is O=C(COC(=O)c1cc[n+]([O-])cc1)c1ccc(Br)cc1. The normalized spacial score (nSPS) is 10.1. The Hall–Kier alpha value is -2.21. The summed E-state index contributed by atoms with van der Waals surface area (Å²) in [5.74, 6) is -0.934. The molecule has 0 N–H and O–H groups in total. The maximum Gasteiger partial charge on any atom is 0.339 e. The molecule has 0 spiro atoms. The smallest absolute Gasteiger partial charge is 0.339 e. The molecule has 0 aliphatic heterocycles. The third-order valence-electron chi connectivity index (χ3n) is 2.54. The maximum atomic E-state index is 11.8. The standard InChI is InChI=1S/C14H10BrNO4/c15-12-3-1-10(2-4-12)13(17)9-20-14(18)11-5-7-16(19)8-6-11/h1-8H,9H2. The van der Waals surface area contributed by atoms with Gasteiger partial charge in [0.05, 0.1) is 5.56 Å². The highest BCUT2D eigenvalue weighted by molar-refractivity contribution is 9.10. The third kappa shape index (κ3) is 3.64. The van der Waals surface area contributed by atoms with Gasteiger partial charge in [0, 0.05) is 22.2 Å². The Morgan fingerprint density at radius 2 is 1.65 bits per heavy atom. The second-order valence-corrected chi connectivity index (χ2v) is 4.87. The van der Waals surface area contributed by atoms with Crippen molar-refractivity contribution in [1.82, 2.24) is 0 Å². The maximum absolute atomic E-state index is 11.8. The lowest BCUT2D eigenvalue weighted by Gasteiger charge is -2.04. The number of rotatable bonds is 4. The van der Waals surface area contributed by atoms with E-state index in [9.17, 15) is 14.8 Å². The Bertz CT molecular complexity index is 565. The summed E-state index contributed by atoms with van der Waals surface area (Å²) >= 11 is 3.27. The molecule has 0 amide bonds. The summed E-state index contributed by atoms with van der Waals surface area (Å²) < 4.78 is 6.32. The van der Waals surface area contributed by atoms with Crippen molar-refractivity contribution in [3.05, 3.63) is 69.6 Å². The number of carbonyl (C=O) groups excluding carboxylic acids is 2. The number of ether oxygens (including phenoxy) is 1. The molecular weight excluding hydrogens is 326 g/mol. The summed E-state index contributed by atoms with van der Waals surface area (Å²) in [6, 6.07) is 9.42. The minimum absolute atomic E-state index is 0.223. The fourth-order valence-electron chi connectivity index (χ4n) is 1.48. The Balaban J connectivity index is 1.94. The molecule has 0 saturated carbocycles. The minimum atomic E-state index is -0.643. The number of nitrogens with zero attached hydrogens (tertiary/aromatic N) is 1. The van der Waals surface area contributed by atoms with Crippen LogP contribution >= 0.6 is 15.9 Å². The van der Waals surface area contributed by atoms with E-state index >= 15 is 0 Å². The molecule has 0 bridgehead atoms. The van der Waals surface area contributed by atoms with E-state index in [1.807, 2.05) is 0 Å². The second kappa shape index (κ2) is 6.29. The van der Waals surface area contributed by atoms with Crippen molar-refractivity contribution in [2.45, 2.75) is 0 Å². The lowest BCUT2D eigenvalue weighted by Crippen LogP contribution is -2.24. The molecule has 20 heavy (non-hydrogen) atoms. The average Bonchev–Trinajstić information content (AvgIpc) is 2.46. The van der Waals surface area contributed by atoms with Crippen LogP contribution < -0.4 is 4.73 Å². The van der Waals surface area contributed by atoms with E-state index in [1.54, 1.807) is 24.3 Å². The molecule has 1 aromatic carbocycles. The van der Waals surface area contributed by atoms with Crippen LogP contribution in [0.15, 0.2) is 53.3 Å². The number of halogens is 1. The topological polar surface area (TPSA) is 70.3 Å². The highest BCUT2D eigenvalue weighted by Crippen LogP contribution is 2.11. The fourth-order valence-corrected chi connectivity index (χ4v) is 1.75. The van der Waals surface area contributed by atoms with Gasteiger partial charge >= 0.3 is 5.97 Å². The van der Waals surface area contributed by atoms with Gasteiger partial charge in [-0.15, -0.1) is 0 Å². The highest BCUT2D eigenvalue weighted by atomic mass is 79.9. The van der Waals surface area contributed by atoms with Crippen molar-refractivity contribution in [3.8, 4) is 0 Å². The van der Waals surface area contributed by atoms with Gasteiger partial charge in [-0.2, -0.15) is 4.73 Å². The molecule has 0 atom stereocenters. The van der Waals surface area contributed by atoms with Crippen LogP contribution in [0.4, 0.5) is 0 Å². The number of pyridine rings is 1. The van der Waals surface area contributed by atoms with Gasteiger partial charge < -0.3 is 9.94 Å². The predicted molar refractivity (Wildman–Crippen MR) is 74.2 cm³/mol. The van der Waals surface area contributed by atoms with E-state index < -0.39 is 5.97 Å². The first kappa shape index (κ1) is 14.2. The first-order chi connectivity index (χ1) is 9.56. The van der Waals surface area contributed by atoms with Crippen LogP contribution in [0.2, 0.25) is 0 Å². The van der Waals surface area contributed by atoms with Crippen LogP contribution in [0.25, 0.3) is 0 Å². The van der Waals surface area contributed by atoms with Crippen LogP contribution in [0.3, 0.4) is 0 Å². The molecule has 5 nitrogen and oxygen atoms in total. The van der Waals surface area contributed by atoms with Gasteiger partial charge in [-0.3, -0.25) is 4.79 Å². The van der Waals surface area contributed by atoms with Crippen LogP contribution in [-0.2, 0) is 4.74 Å². The quantitative estimate of drug-likeness (QED) is 0.371. The van der Waals surface area contributed by atoms with Crippen molar-refractivity contribution in [1.29, 1.82) is 0 Å². The second-order valence-electron chi connectivity index (χ2n) is 3.95. The van der Waals surface area contributed by atoms with Gasteiger partial charge in [0.1, 0.15) is 0 Å². The van der Waals surface area contributed by atoms with Crippen molar-refractivity contribution in [2.24, 2.45) is 0 Å². The number of esters is 1. The molecule has 0 unspecified atom stereocenters. The predicted octanol–water partition coefficient (Wildman–Crippen LogP) is 2.12. The number of Topliss-reactive ketones (excluding diaryl/α,β-unsaturated/α-hetero) is 1. The monoisotopic (exact) mass is 335 g/mol. The molecule has 2 rings (SSSR count). The van der Waals surface area contributed by atoms with Gasteiger partial charge in [-0.1, -0.05) is 28.1 Å². The van der Waals surface area contributed by atoms with Gasteiger partial charge in [0.2, 0.25) is 0 Å². The molecule has 1 heterocycles. The van der Waals surface area contributed by atoms with Crippen molar-refractivity contribution in [2.75, 3.05) is 6.61 Å². The average molecular weight is 336 g/mol. The molecule has 1 aromatic heterocycles.